The molecule has 0 radical (unpaired) electrons. The molecule has 0 aromatic carbocycles. The molecular weight excluding hydrogens is 214 g/mol. The summed E-state index contributed by atoms with van der Waals surface area (Å²) >= 11 is 0. The van der Waals surface area contributed by atoms with E-state index in [2.05, 4.69) is 15.0 Å². The second-order valence-corrected chi connectivity index (χ2v) is 4.70. The normalized spacial score (nSPS) is 20.9. The SMILES string of the molecule is Cc1ccc2[nH]c(CC3CCCCO3)nc2n1. The van der Waals surface area contributed by atoms with Crippen molar-refractivity contribution in [2.45, 2.75) is 38.7 Å². The second-order valence-electron chi connectivity index (χ2n) is 4.70. The Hall–Kier alpha value is -1.42. The summed E-state index contributed by atoms with van der Waals surface area (Å²) in [4.78, 5) is 12.2. The lowest BCUT2D eigenvalue weighted by Gasteiger charge is -2.21. The summed E-state index contributed by atoms with van der Waals surface area (Å²) in [6, 6.07) is 4.04. The fourth-order valence-corrected chi connectivity index (χ4v) is 2.32. The van der Waals surface area contributed by atoms with E-state index in [9.17, 15) is 0 Å². The number of rotatable bonds is 2. The number of aromatic nitrogens is 3. The Kier molecular flexibility index (Phi) is 2.81. The van der Waals surface area contributed by atoms with Crippen LogP contribution < -0.4 is 0 Å². The summed E-state index contributed by atoms with van der Waals surface area (Å²) in [5.41, 5.74) is 2.83. The van der Waals surface area contributed by atoms with E-state index in [1.807, 2.05) is 19.1 Å². The molecule has 1 N–H and O–H groups in total. The van der Waals surface area contributed by atoms with Gasteiger partial charge in [-0.15, -0.1) is 0 Å². The molecule has 0 aliphatic carbocycles. The van der Waals surface area contributed by atoms with Crippen molar-refractivity contribution in [2.24, 2.45) is 0 Å². The third kappa shape index (κ3) is 2.31. The zero-order chi connectivity index (χ0) is 11.7. The van der Waals surface area contributed by atoms with Gasteiger partial charge in [0.05, 0.1) is 11.6 Å². The van der Waals surface area contributed by atoms with Gasteiger partial charge in [-0.25, -0.2) is 9.97 Å². The van der Waals surface area contributed by atoms with Crippen molar-refractivity contribution in [3.63, 3.8) is 0 Å². The standard InChI is InChI=1S/C13H17N3O/c1-9-5-6-11-13(14-9)16-12(15-11)8-10-4-2-3-7-17-10/h5-6,10H,2-4,7-8H2,1H3,(H,14,15,16). The highest BCUT2D eigenvalue weighted by atomic mass is 16.5. The zero-order valence-electron chi connectivity index (χ0n) is 10.1. The minimum atomic E-state index is 0.324. The Morgan fingerprint density at radius 2 is 2.29 bits per heavy atom. The Labute approximate surface area is 100 Å². The van der Waals surface area contributed by atoms with E-state index >= 15 is 0 Å². The molecule has 4 heteroatoms. The molecule has 1 fully saturated rings. The number of H-pyrrole nitrogens is 1. The molecule has 1 aliphatic heterocycles. The fraction of sp³-hybridized carbons (Fsp3) is 0.538. The molecule has 0 spiro atoms. The quantitative estimate of drug-likeness (QED) is 0.863. The van der Waals surface area contributed by atoms with Crippen LogP contribution >= 0.6 is 0 Å². The van der Waals surface area contributed by atoms with Crippen molar-refractivity contribution in [3.05, 3.63) is 23.7 Å². The number of fused-ring (bicyclic) bond motifs is 1. The first-order valence-corrected chi connectivity index (χ1v) is 6.25. The Bertz CT molecular complexity index is 514. The number of imidazole rings is 1. The maximum atomic E-state index is 5.72. The number of pyridine rings is 1. The predicted octanol–water partition coefficient (Wildman–Crippen LogP) is 2.38. The zero-order valence-corrected chi connectivity index (χ0v) is 10.1. The molecule has 1 unspecified atom stereocenters. The molecule has 0 amide bonds. The predicted molar refractivity (Wildman–Crippen MR) is 65.9 cm³/mol. The average molecular weight is 231 g/mol. The summed E-state index contributed by atoms with van der Waals surface area (Å²) < 4.78 is 5.72. The molecule has 17 heavy (non-hydrogen) atoms. The van der Waals surface area contributed by atoms with Gasteiger partial charge in [0, 0.05) is 18.7 Å². The fourth-order valence-electron chi connectivity index (χ4n) is 2.32. The molecule has 2 aromatic rings. The summed E-state index contributed by atoms with van der Waals surface area (Å²) in [5, 5.41) is 0. The molecule has 0 bridgehead atoms. The maximum Gasteiger partial charge on any atom is 0.177 e. The molecule has 3 heterocycles. The van der Waals surface area contributed by atoms with E-state index in [1.165, 1.54) is 12.8 Å². The van der Waals surface area contributed by atoms with Gasteiger partial charge in [-0.3, -0.25) is 0 Å². The number of nitrogens with zero attached hydrogens (tertiary/aromatic N) is 2. The van der Waals surface area contributed by atoms with Gasteiger partial charge in [0.2, 0.25) is 0 Å². The third-order valence-electron chi connectivity index (χ3n) is 3.23. The third-order valence-corrected chi connectivity index (χ3v) is 3.23. The summed E-state index contributed by atoms with van der Waals surface area (Å²) in [6.07, 6.45) is 4.80. The van der Waals surface area contributed by atoms with Crippen molar-refractivity contribution in [3.8, 4) is 0 Å². The number of hydrogen-bond acceptors (Lipinski definition) is 3. The van der Waals surface area contributed by atoms with Gasteiger partial charge in [-0.05, 0) is 38.3 Å². The lowest BCUT2D eigenvalue weighted by molar-refractivity contribution is 0.0158. The highest BCUT2D eigenvalue weighted by molar-refractivity contribution is 5.70. The minimum absolute atomic E-state index is 0.324. The van der Waals surface area contributed by atoms with E-state index in [1.54, 1.807) is 0 Å². The largest absolute Gasteiger partial charge is 0.378 e. The molecular formula is C13H17N3O. The first-order valence-electron chi connectivity index (χ1n) is 6.25. The van der Waals surface area contributed by atoms with Gasteiger partial charge < -0.3 is 9.72 Å². The van der Waals surface area contributed by atoms with E-state index in [-0.39, 0.29) is 0 Å². The number of aryl methyl sites for hydroxylation is 1. The molecule has 1 aliphatic rings. The molecule has 0 saturated carbocycles. The molecule has 1 atom stereocenters. The van der Waals surface area contributed by atoms with Crippen molar-refractivity contribution < 1.29 is 4.74 Å². The van der Waals surface area contributed by atoms with E-state index in [4.69, 9.17) is 4.74 Å². The van der Waals surface area contributed by atoms with Crippen LogP contribution in [0, 0.1) is 6.92 Å². The Morgan fingerprint density at radius 1 is 1.35 bits per heavy atom. The van der Waals surface area contributed by atoms with Crippen molar-refractivity contribution >= 4 is 11.2 Å². The van der Waals surface area contributed by atoms with Crippen LogP contribution in [0.4, 0.5) is 0 Å². The number of aromatic amines is 1. The van der Waals surface area contributed by atoms with Crippen molar-refractivity contribution in [1.82, 2.24) is 15.0 Å². The first-order chi connectivity index (χ1) is 8.31. The van der Waals surface area contributed by atoms with Gasteiger partial charge in [-0.1, -0.05) is 0 Å². The van der Waals surface area contributed by atoms with Gasteiger partial charge in [0.25, 0.3) is 0 Å². The van der Waals surface area contributed by atoms with Crippen LogP contribution in [-0.2, 0) is 11.2 Å². The Morgan fingerprint density at radius 3 is 3.12 bits per heavy atom. The molecule has 1 saturated heterocycles. The van der Waals surface area contributed by atoms with Crippen LogP contribution in [0.25, 0.3) is 11.2 Å². The summed E-state index contributed by atoms with van der Waals surface area (Å²) in [7, 11) is 0. The molecule has 4 nitrogen and oxygen atoms in total. The van der Waals surface area contributed by atoms with Gasteiger partial charge in [0.15, 0.2) is 5.65 Å². The van der Waals surface area contributed by atoms with Crippen LogP contribution in [0.1, 0.15) is 30.8 Å². The minimum Gasteiger partial charge on any atom is -0.378 e. The number of nitrogens with one attached hydrogen (secondary N) is 1. The number of ether oxygens (including phenoxy) is 1. The van der Waals surface area contributed by atoms with E-state index in [0.29, 0.717) is 6.10 Å². The van der Waals surface area contributed by atoms with Crippen LogP contribution in [0.3, 0.4) is 0 Å². The van der Waals surface area contributed by atoms with Crippen LogP contribution in [0.15, 0.2) is 12.1 Å². The van der Waals surface area contributed by atoms with Gasteiger partial charge in [0.1, 0.15) is 5.82 Å². The Balaban J connectivity index is 1.80. The van der Waals surface area contributed by atoms with E-state index < -0.39 is 0 Å². The summed E-state index contributed by atoms with van der Waals surface area (Å²) in [5.74, 6) is 0.991. The van der Waals surface area contributed by atoms with Gasteiger partial charge >= 0.3 is 0 Å². The lowest BCUT2D eigenvalue weighted by atomic mass is 10.1. The smallest absolute Gasteiger partial charge is 0.177 e. The van der Waals surface area contributed by atoms with Crippen LogP contribution in [0.5, 0.6) is 0 Å². The second kappa shape index (κ2) is 4.45. The highest BCUT2D eigenvalue weighted by Gasteiger charge is 2.16. The average Bonchev–Trinajstić information content (AvgIpc) is 2.71. The highest BCUT2D eigenvalue weighted by Crippen LogP contribution is 2.17. The van der Waals surface area contributed by atoms with Gasteiger partial charge in [-0.2, -0.15) is 0 Å². The van der Waals surface area contributed by atoms with Crippen molar-refractivity contribution in [1.29, 1.82) is 0 Å². The molecule has 2 aromatic heterocycles. The van der Waals surface area contributed by atoms with Crippen LogP contribution in [0.2, 0.25) is 0 Å². The monoisotopic (exact) mass is 231 g/mol. The van der Waals surface area contributed by atoms with Crippen LogP contribution in [-0.4, -0.2) is 27.7 Å². The summed E-state index contributed by atoms with van der Waals surface area (Å²) in [6.45, 7) is 2.88. The number of hydrogen-bond donors (Lipinski definition) is 1. The molecule has 3 rings (SSSR count). The first kappa shape index (κ1) is 10.7. The van der Waals surface area contributed by atoms with Crippen molar-refractivity contribution in [2.75, 3.05) is 6.61 Å². The topological polar surface area (TPSA) is 50.8 Å². The maximum absolute atomic E-state index is 5.72. The lowest BCUT2D eigenvalue weighted by Crippen LogP contribution is -2.21. The molecule has 90 valence electrons. The van der Waals surface area contributed by atoms with E-state index in [0.717, 1.165) is 42.1 Å².